The minimum atomic E-state index is -0.112. The molecule has 3 fully saturated rings. The Bertz CT molecular complexity index is 327. The summed E-state index contributed by atoms with van der Waals surface area (Å²) in [7, 11) is 0. The molecule has 0 aromatic rings. The second-order valence-corrected chi connectivity index (χ2v) is 6.36. The number of carbonyl (C=O) groups is 1. The fraction of sp³-hybridized carbons (Fsp3) is 0.933. The molecule has 3 saturated heterocycles. The van der Waals surface area contributed by atoms with E-state index in [1.807, 2.05) is 4.90 Å². The lowest BCUT2D eigenvalue weighted by Gasteiger charge is -2.36. The van der Waals surface area contributed by atoms with E-state index in [2.05, 4.69) is 10.2 Å². The number of nitrogens with zero attached hydrogens (tertiary/aromatic N) is 2. The number of morpholine rings is 1. The topological polar surface area (TPSA) is 44.8 Å². The summed E-state index contributed by atoms with van der Waals surface area (Å²) < 4.78 is 5.39. The molecule has 3 aliphatic heterocycles. The van der Waals surface area contributed by atoms with Crippen molar-refractivity contribution < 1.29 is 9.53 Å². The molecule has 1 amide bonds. The van der Waals surface area contributed by atoms with Crippen LogP contribution in [0.3, 0.4) is 0 Å². The number of halogens is 2. The van der Waals surface area contributed by atoms with Crippen LogP contribution in [0.15, 0.2) is 0 Å². The number of rotatable bonds is 3. The molecular weight excluding hydrogens is 325 g/mol. The molecule has 0 saturated carbocycles. The third-order valence-corrected chi connectivity index (χ3v) is 4.86. The van der Waals surface area contributed by atoms with Gasteiger partial charge in [-0.2, -0.15) is 0 Å². The van der Waals surface area contributed by atoms with Crippen LogP contribution in [-0.4, -0.2) is 74.2 Å². The van der Waals surface area contributed by atoms with Crippen molar-refractivity contribution >= 4 is 30.7 Å². The number of hydrogen-bond donors (Lipinski definition) is 1. The van der Waals surface area contributed by atoms with Gasteiger partial charge in [0, 0.05) is 26.2 Å². The maximum atomic E-state index is 12.4. The van der Waals surface area contributed by atoms with E-state index in [0.717, 1.165) is 45.0 Å². The largest absolute Gasteiger partial charge is 0.378 e. The molecule has 22 heavy (non-hydrogen) atoms. The number of hydrogen-bond acceptors (Lipinski definition) is 4. The van der Waals surface area contributed by atoms with Crippen LogP contribution >= 0.6 is 24.8 Å². The normalized spacial score (nSPS) is 27.1. The highest BCUT2D eigenvalue weighted by Gasteiger charge is 2.30. The van der Waals surface area contributed by atoms with Gasteiger partial charge in [-0.3, -0.25) is 4.79 Å². The summed E-state index contributed by atoms with van der Waals surface area (Å²) in [4.78, 5) is 17.0. The van der Waals surface area contributed by atoms with Crippen molar-refractivity contribution in [2.24, 2.45) is 5.92 Å². The first-order chi connectivity index (χ1) is 9.83. The van der Waals surface area contributed by atoms with Crippen molar-refractivity contribution in [3.8, 4) is 0 Å². The van der Waals surface area contributed by atoms with Gasteiger partial charge in [-0.05, 0) is 44.7 Å². The van der Waals surface area contributed by atoms with Crippen molar-refractivity contribution in [2.45, 2.75) is 31.7 Å². The number of nitrogens with one attached hydrogen (secondary N) is 1. The Kier molecular flexibility index (Phi) is 9.02. The van der Waals surface area contributed by atoms with Gasteiger partial charge in [0.05, 0.1) is 13.2 Å². The fourth-order valence-electron chi connectivity index (χ4n) is 3.61. The third-order valence-electron chi connectivity index (χ3n) is 4.86. The zero-order valence-corrected chi connectivity index (χ0v) is 14.8. The van der Waals surface area contributed by atoms with Crippen molar-refractivity contribution in [1.29, 1.82) is 0 Å². The van der Waals surface area contributed by atoms with Crippen molar-refractivity contribution in [3.63, 3.8) is 0 Å². The van der Waals surface area contributed by atoms with Crippen molar-refractivity contribution in [1.82, 2.24) is 15.1 Å². The standard InChI is InChI=1S/C15H27N3O2.2ClH/c19-15(14-12-20-10-5-16-14)18-8-3-13(4-9-18)11-17-6-1-2-7-17;;/h13-14,16H,1-12H2;2*1H. The Balaban J connectivity index is 0.00000121. The van der Waals surface area contributed by atoms with E-state index in [9.17, 15) is 4.79 Å². The predicted molar refractivity (Wildman–Crippen MR) is 92.1 cm³/mol. The van der Waals surface area contributed by atoms with Crippen LogP contribution in [0.5, 0.6) is 0 Å². The average Bonchev–Trinajstić information content (AvgIpc) is 3.01. The molecule has 5 nitrogen and oxygen atoms in total. The van der Waals surface area contributed by atoms with Crippen LogP contribution < -0.4 is 5.32 Å². The number of carbonyl (C=O) groups excluding carboxylic acids is 1. The lowest BCUT2D eigenvalue weighted by atomic mass is 9.95. The van der Waals surface area contributed by atoms with Gasteiger partial charge in [-0.15, -0.1) is 24.8 Å². The van der Waals surface area contributed by atoms with Crippen LogP contribution in [0.1, 0.15) is 25.7 Å². The van der Waals surface area contributed by atoms with Gasteiger partial charge >= 0.3 is 0 Å². The summed E-state index contributed by atoms with van der Waals surface area (Å²) in [6.45, 7) is 7.71. The van der Waals surface area contributed by atoms with Gasteiger partial charge in [-0.25, -0.2) is 0 Å². The Morgan fingerprint density at radius 3 is 2.36 bits per heavy atom. The van der Waals surface area contributed by atoms with E-state index in [1.54, 1.807) is 0 Å². The summed E-state index contributed by atoms with van der Waals surface area (Å²) in [5.74, 6) is 1.03. The fourth-order valence-corrected chi connectivity index (χ4v) is 3.61. The molecule has 1 unspecified atom stereocenters. The summed E-state index contributed by atoms with van der Waals surface area (Å²) in [6, 6.07) is -0.112. The van der Waals surface area contributed by atoms with Crippen molar-refractivity contribution in [2.75, 3.05) is 52.5 Å². The lowest BCUT2D eigenvalue weighted by molar-refractivity contribution is -0.137. The molecule has 0 aliphatic carbocycles. The number of piperidine rings is 1. The number of likely N-dealkylation sites (tertiary alicyclic amines) is 2. The lowest BCUT2D eigenvalue weighted by Crippen LogP contribution is -2.54. The van der Waals surface area contributed by atoms with Crippen LogP contribution in [0, 0.1) is 5.92 Å². The zero-order chi connectivity index (χ0) is 13.8. The highest BCUT2D eigenvalue weighted by atomic mass is 35.5. The maximum absolute atomic E-state index is 12.4. The van der Waals surface area contributed by atoms with Gasteiger partial charge < -0.3 is 19.9 Å². The van der Waals surface area contributed by atoms with E-state index in [1.165, 1.54) is 32.5 Å². The van der Waals surface area contributed by atoms with Gasteiger partial charge in [-0.1, -0.05) is 0 Å². The molecule has 3 rings (SSSR count). The molecule has 3 aliphatic rings. The van der Waals surface area contributed by atoms with Crippen LogP contribution in [0.25, 0.3) is 0 Å². The summed E-state index contributed by atoms with van der Waals surface area (Å²) in [6.07, 6.45) is 5.06. The molecule has 1 N–H and O–H groups in total. The molecule has 1 atom stereocenters. The number of amides is 1. The second kappa shape index (κ2) is 9.93. The molecular formula is C15H29Cl2N3O2. The molecule has 7 heteroatoms. The molecule has 0 aromatic carbocycles. The van der Waals surface area contributed by atoms with E-state index in [0.29, 0.717) is 6.61 Å². The summed E-state index contributed by atoms with van der Waals surface area (Å²) in [5, 5.41) is 3.26. The van der Waals surface area contributed by atoms with Gasteiger partial charge in [0.25, 0.3) is 0 Å². The minimum Gasteiger partial charge on any atom is -0.378 e. The van der Waals surface area contributed by atoms with Gasteiger partial charge in [0.15, 0.2) is 0 Å². The average molecular weight is 354 g/mol. The van der Waals surface area contributed by atoms with Crippen LogP contribution in [0.2, 0.25) is 0 Å². The Hall–Kier alpha value is -0.0700. The summed E-state index contributed by atoms with van der Waals surface area (Å²) in [5.41, 5.74) is 0. The SMILES string of the molecule is Cl.Cl.O=C(C1COCCN1)N1CCC(CN2CCCC2)CC1. The van der Waals surface area contributed by atoms with Crippen molar-refractivity contribution in [3.05, 3.63) is 0 Å². The van der Waals surface area contributed by atoms with E-state index in [-0.39, 0.29) is 36.8 Å². The molecule has 0 spiro atoms. The number of ether oxygens (including phenoxy) is 1. The first-order valence-electron chi connectivity index (χ1n) is 8.15. The molecule has 130 valence electrons. The van der Waals surface area contributed by atoms with E-state index >= 15 is 0 Å². The Labute approximate surface area is 145 Å². The first-order valence-corrected chi connectivity index (χ1v) is 8.15. The first kappa shape index (κ1) is 20.0. The molecule has 0 bridgehead atoms. The predicted octanol–water partition coefficient (Wildman–Crippen LogP) is 1.15. The third kappa shape index (κ3) is 5.24. The van der Waals surface area contributed by atoms with Crippen LogP contribution in [-0.2, 0) is 9.53 Å². The molecule has 0 radical (unpaired) electrons. The Morgan fingerprint density at radius 2 is 1.77 bits per heavy atom. The van der Waals surface area contributed by atoms with E-state index < -0.39 is 0 Å². The second-order valence-electron chi connectivity index (χ2n) is 6.36. The Morgan fingerprint density at radius 1 is 1.09 bits per heavy atom. The monoisotopic (exact) mass is 353 g/mol. The smallest absolute Gasteiger partial charge is 0.242 e. The highest BCUT2D eigenvalue weighted by Crippen LogP contribution is 2.21. The van der Waals surface area contributed by atoms with Crippen LogP contribution in [0.4, 0.5) is 0 Å². The minimum absolute atomic E-state index is 0. The quantitative estimate of drug-likeness (QED) is 0.826. The molecule has 3 heterocycles. The molecule has 0 aromatic heterocycles. The van der Waals surface area contributed by atoms with Gasteiger partial charge in [0.1, 0.15) is 6.04 Å². The summed E-state index contributed by atoms with van der Waals surface area (Å²) >= 11 is 0. The zero-order valence-electron chi connectivity index (χ0n) is 13.2. The van der Waals surface area contributed by atoms with Gasteiger partial charge in [0.2, 0.25) is 5.91 Å². The van der Waals surface area contributed by atoms with E-state index in [4.69, 9.17) is 4.74 Å². The maximum Gasteiger partial charge on any atom is 0.242 e. The highest BCUT2D eigenvalue weighted by molar-refractivity contribution is 5.85.